The van der Waals surface area contributed by atoms with Gasteiger partial charge in [-0.15, -0.1) is 0 Å². The smallest absolute Gasteiger partial charge is 0.323 e. The number of hydrogen-bond acceptors (Lipinski definition) is 4. The summed E-state index contributed by atoms with van der Waals surface area (Å²) < 4.78 is 7.63. The Morgan fingerprint density at radius 1 is 1.36 bits per heavy atom. The third-order valence-corrected chi connectivity index (χ3v) is 4.39. The fourth-order valence-corrected chi connectivity index (χ4v) is 2.86. The van der Waals surface area contributed by atoms with Gasteiger partial charge in [0.2, 0.25) is 0 Å². The van der Waals surface area contributed by atoms with Gasteiger partial charge in [-0.3, -0.25) is 15.0 Å². The second kappa shape index (κ2) is 7.55. The average molecular weight is 343 g/mol. The van der Waals surface area contributed by atoms with Gasteiger partial charge in [0.25, 0.3) is 0 Å². The van der Waals surface area contributed by atoms with Crippen LogP contribution in [0.25, 0.3) is 0 Å². The number of carbonyl (C=O) groups is 1. The first-order valence-electron chi connectivity index (χ1n) is 8.69. The third-order valence-electron chi connectivity index (χ3n) is 4.39. The fourth-order valence-electron chi connectivity index (χ4n) is 2.86. The molecule has 0 spiro atoms. The molecule has 1 aliphatic rings. The van der Waals surface area contributed by atoms with Crippen molar-refractivity contribution in [2.45, 2.75) is 38.7 Å². The molecule has 1 N–H and O–H groups in total. The predicted molar refractivity (Wildman–Crippen MR) is 95.8 cm³/mol. The van der Waals surface area contributed by atoms with E-state index in [0.717, 1.165) is 30.1 Å². The molecule has 2 aromatic rings. The maximum atomic E-state index is 12.5. The van der Waals surface area contributed by atoms with E-state index in [9.17, 15) is 4.79 Å². The minimum atomic E-state index is -0.0851. The number of nitrogens with one attached hydrogen (secondary N) is 1. The zero-order chi connectivity index (χ0) is 17.8. The van der Waals surface area contributed by atoms with Crippen LogP contribution in [0.4, 0.5) is 10.6 Å². The van der Waals surface area contributed by atoms with E-state index >= 15 is 0 Å². The van der Waals surface area contributed by atoms with Crippen LogP contribution in [0.1, 0.15) is 38.3 Å². The number of aryl methyl sites for hydroxylation is 1. The molecule has 2 amide bonds. The molecule has 0 aliphatic carbocycles. The molecule has 2 aromatic heterocycles. The van der Waals surface area contributed by atoms with Crippen LogP contribution < -0.4 is 10.1 Å². The lowest BCUT2D eigenvalue weighted by Gasteiger charge is -2.32. The van der Waals surface area contributed by atoms with Crippen LogP contribution >= 0.6 is 0 Å². The summed E-state index contributed by atoms with van der Waals surface area (Å²) in [7, 11) is 1.84. The number of urea groups is 1. The number of nitrogens with zero attached hydrogens (tertiary/aromatic N) is 4. The Kier molecular flexibility index (Phi) is 5.21. The van der Waals surface area contributed by atoms with Crippen molar-refractivity contribution in [1.29, 1.82) is 0 Å². The molecule has 1 fully saturated rings. The Hall–Kier alpha value is -2.57. The van der Waals surface area contributed by atoms with Crippen molar-refractivity contribution in [3.63, 3.8) is 0 Å². The summed E-state index contributed by atoms with van der Waals surface area (Å²) in [6.45, 7) is 5.51. The molecule has 0 aromatic carbocycles. The summed E-state index contributed by atoms with van der Waals surface area (Å²) in [6.07, 6.45) is 5.18. The Labute approximate surface area is 148 Å². The second-order valence-electron chi connectivity index (χ2n) is 6.66. The fraction of sp³-hybridized carbons (Fsp3) is 0.500. The molecular formula is C18H25N5O2. The van der Waals surface area contributed by atoms with E-state index in [1.807, 2.05) is 30.1 Å². The Morgan fingerprint density at radius 2 is 2.12 bits per heavy atom. The van der Waals surface area contributed by atoms with E-state index in [-0.39, 0.29) is 12.1 Å². The molecule has 0 saturated carbocycles. The molecule has 1 aliphatic heterocycles. The number of ether oxygens (including phenoxy) is 1. The number of carbonyl (C=O) groups excluding carboxylic acids is 1. The van der Waals surface area contributed by atoms with Crippen LogP contribution in [-0.4, -0.2) is 44.9 Å². The summed E-state index contributed by atoms with van der Waals surface area (Å²) in [6, 6.07) is 5.61. The van der Waals surface area contributed by atoms with Crippen molar-refractivity contribution >= 4 is 11.8 Å². The molecule has 134 valence electrons. The van der Waals surface area contributed by atoms with E-state index in [1.54, 1.807) is 17.1 Å². The van der Waals surface area contributed by atoms with Crippen molar-refractivity contribution in [2.24, 2.45) is 7.05 Å². The van der Waals surface area contributed by atoms with Crippen molar-refractivity contribution < 1.29 is 9.53 Å². The van der Waals surface area contributed by atoms with Crippen LogP contribution in [-0.2, 0) is 7.05 Å². The molecular weight excluding hydrogens is 318 g/mol. The first-order valence-corrected chi connectivity index (χ1v) is 8.69. The highest BCUT2D eigenvalue weighted by Gasteiger charge is 2.24. The van der Waals surface area contributed by atoms with Crippen LogP contribution in [0.15, 0.2) is 30.6 Å². The number of aromatic nitrogens is 3. The number of piperidine rings is 1. The van der Waals surface area contributed by atoms with Gasteiger partial charge in [0, 0.05) is 45.2 Å². The first-order chi connectivity index (χ1) is 12.0. The number of hydrogen-bond donors (Lipinski definition) is 1. The van der Waals surface area contributed by atoms with Gasteiger partial charge < -0.3 is 9.64 Å². The molecule has 3 heterocycles. The van der Waals surface area contributed by atoms with Crippen molar-refractivity contribution in [1.82, 2.24) is 19.7 Å². The summed E-state index contributed by atoms with van der Waals surface area (Å²) in [5, 5.41) is 7.38. The van der Waals surface area contributed by atoms with E-state index in [4.69, 9.17) is 4.74 Å². The maximum Gasteiger partial charge on any atom is 0.323 e. The van der Waals surface area contributed by atoms with Gasteiger partial charge in [-0.25, -0.2) is 4.79 Å². The van der Waals surface area contributed by atoms with E-state index in [2.05, 4.69) is 29.2 Å². The molecule has 0 atom stereocenters. The number of likely N-dealkylation sites (tertiary alicyclic amines) is 1. The Balaban J connectivity index is 1.51. The Morgan fingerprint density at radius 3 is 2.72 bits per heavy atom. The zero-order valence-corrected chi connectivity index (χ0v) is 15.0. The molecule has 0 bridgehead atoms. The van der Waals surface area contributed by atoms with Crippen molar-refractivity contribution in [3.8, 4) is 5.75 Å². The van der Waals surface area contributed by atoms with Gasteiger partial charge in [-0.05, 0) is 18.1 Å². The van der Waals surface area contributed by atoms with E-state index in [0.29, 0.717) is 19.0 Å². The van der Waals surface area contributed by atoms with Crippen molar-refractivity contribution in [3.05, 3.63) is 36.3 Å². The minimum absolute atomic E-state index is 0.0851. The Bertz CT molecular complexity index is 706. The second-order valence-corrected chi connectivity index (χ2v) is 6.66. The molecule has 1 saturated heterocycles. The van der Waals surface area contributed by atoms with Gasteiger partial charge in [-0.2, -0.15) is 5.10 Å². The normalized spacial score (nSPS) is 15.4. The largest absolute Gasteiger partial charge is 0.489 e. The molecule has 0 unspecified atom stereocenters. The van der Waals surface area contributed by atoms with Crippen LogP contribution in [0.5, 0.6) is 5.75 Å². The van der Waals surface area contributed by atoms with Crippen LogP contribution in [0.2, 0.25) is 0 Å². The molecule has 3 rings (SSSR count). The van der Waals surface area contributed by atoms with Gasteiger partial charge in [0.05, 0.1) is 11.9 Å². The molecule has 25 heavy (non-hydrogen) atoms. The quantitative estimate of drug-likeness (QED) is 0.926. The number of pyridine rings is 1. The zero-order valence-electron chi connectivity index (χ0n) is 15.0. The van der Waals surface area contributed by atoms with Crippen LogP contribution in [0.3, 0.4) is 0 Å². The van der Waals surface area contributed by atoms with Gasteiger partial charge in [0.1, 0.15) is 17.7 Å². The molecule has 0 radical (unpaired) electrons. The number of amides is 2. The van der Waals surface area contributed by atoms with Crippen molar-refractivity contribution in [2.75, 3.05) is 18.4 Å². The van der Waals surface area contributed by atoms with Gasteiger partial charge in [0.15, 0.2) is 0 Å². The SMILES string of the molecule is CC(C)c1cc(NC(=O)N2CCC(Oc3cccnc3)CC2)n(C)n1. The van der Waals surface area contributed by atoms with Gasteiger partial charge in [-0.1, -0.05) is 13.8 Å². The monoisotopic (exact) mass is 343 g/mol. The molecule has 7 nitrogen and oxygen atoms in total. The van der Waals surface area contributed by atoms with Gasteiger partial charge >= 0.3 is 6.03 Å². The highest BCUT2D eigenvalue weighted by Crippen LogP contribution is 2.20. The average Bonchev–Trinajstić information content (AvgIpc) is 2.97. The summed E-state index contributed by atoms with van der Waals surface area (Å²) in [5.74, 6) is 1.83. The number of anilines is 1. The van der Waals surface area contributed by atoms with Crippen LogP contribution in [0, 0.1) is 0 Å². The summed E-state index contributed by atoms with van der Waals surface area (Å²) in [5.41, 5.74) is 0.973. The highest BCUT2D eigenvalue weighted by molar-refractivity contribution is 5.88. The summed E-state index contributed by atoms with van der Waals surface area (Å²) in [4.78, 5) is 18.4. The van der Waals surface area contributed by atoms with E-state index < -0.39 is 0 Å². The third kappa shape index (κ3) is 4.29. The maximum absolute atomic E-state index is 12.5. The standard InChI is InChI=1S/C18H25N5O2/c1-13(2)16-11-17(22(3)21-16)20-18(24)23-9-6-14(7-10-23)25-15-5-4-8-19-12-15/h4-5,8,11-14H,6-7,9-10H2,1-3H3,(H,20,24). The minimum Gasteiger partial charge on any atom is -0.489 e. The lowest BCUT2D eigenvalue weighted by atomic mass is 10.1. The molecule has 7 heteroatoms. The lowest BCUT2D eigenvalue weighted by molar-refractivity contribution is 0.115. The summed E-state index contributed by atoms with van der Waals surface area (Å²) >= 11 is 0. The first kappa shape index (κ1) is 17.3. The lowest BCUT2D eigenvalue weighted by Crippen LogP contribution is -2.44. The predicted octanol–water partition coefficient (Wildman–Crippen LogP) is 3.01. The highest BCUT2D eigenvalue weighted by atomic mass is 16.5. The van der Waals surface area contributed by atoms with E-state index in [1.165, 1.54) is 0 Å². The topological polar surface area (TPSA) is 72.3 Å². The number of rotatable bonds is 4.